The number of rotatable bonds is 1. The summed E-state index contributed by atoms with van der Waals surface area (Å²) in [7, 11) is 0. The highest BCUT2D eigenvalue weighted by molar-refractivity contribution is 14.1. The molecule has 2 heterocycles. The van der Waals surface area contributed by atoms with E-state index in [9.17, 15) is 0 Å². The maximum atomic E-state index is 4.18. The van der Waals surface area contributed by atoms with Gasteiger partial charge in [0, 0.05) is 58.7 Å². The molecule has 70 valence electrons. The summed E-state index contributed by atoms with van der Waals surface area (Å²) < 4.78 is 3.32. The first-order chi connectivity index (χ1) is 6.77. The average molecular weight is 297 g/mol. The molecule has 0 fully saturated rings. The summed E-state index contributed by atoms with van der Waals surface area (Å²) in [5, 5.41) is 0. The van der Waals surface area contributed by atoms with Crippen LogP contribution in [-0.4, -0.2) is 4.98 Å². The van der Waals surface area contributed by atoms with E-state index in [1.54, 1.807) is 0 Å². The van der Waals surface area contributed by atoms with Gasteiger partial charge in [0.15, 0.2) is 6.20 Å². The van der Waals surface area contributed by atoms with Crippen LogP contribution in [0.2, 0.25) is 0 Å². The summed E-state index contributed by atoms with van der Waals surface area (Å²) in [4.78, 5) is 4.18. The van der Waals surface area contributed by atoms with E-state index in [4.69, 9.17) is 0 Å². The fourth-order valence-electron chi connectivity index (χ4n) is 1.31. The SMILES string of the molecule is Cc1cc(-[n+]2ccccc2I)ccn1. The molecule has 14 heavy (non-hydrogen) atoms. The van der Waals surface area contributed by atoms with E-state index in [1.807, 2.05) is 31.3 Å². The summed E-state index contributed by atoms with van der Waals surface area (Å²) in [6.07, 6.45) is 3.89. The van der Waals surface area contributed by atoms with Crippen LogP contribution in [0.3, 0.4) is 0 Å². The monoisotopic (exact) mass is 297 g/mol. The number of aromatic nitrogens is 2. The molecule has 0 saturated carbocycles. The molecule has 3 heteroatoms. The molecule has 0 radical (unpaired) electrons. The van der Waals surface area contributed by atoms with Gasteiger partial charge in [0.1, 0.15) is 0 Å². The lowest BCUT2D eigenvalue weighted by molar-refractivity contribution is -0.609. The first kappa shape index (κ1) is 9.58. The largest absolute Gasteiger partial charge is 0.261 e. The zero-order valence-electron chi connectivity index (χ0n) is 7.81. The van der Waals surface area contributed by atoms with E-state index in [-0.39, 0.29) is 0 Å². The molecule has 0 aromatic carbocycles. The Labute approximate surface area is 96.8 Å². The Bertz CT molecular complexity index is 455. The maximum Gasteiger partial charge on any atom is 0.246 e. The lowest BCUT2D eigenvalue weighted by Crippen LogP contribution is -2.33. The van der Waals surface area contributed by atoms with Gasteiger partial charge in [-0.1, -0.05) is 0 Å². The summed E-state index contributed by atoms with van der Waals surface area (Å²) >= 11 is 2.32. The number of nitrogens with zero attached hydrogens (tertiary/aromatic N) is 2. The van der Waals surface area contributed by atoms with Gasteiger partial charge in [-0.2, -0.15) is 4.57 Å². The van der Waals surface area contributed by atoms with Crippen LogP contribution in [0.15, 0.2) is 42.7 Å². The summed E-state index contributed by atoms with van der Waals surface area (Å²) in [5.41, 5.74) is 2.19. The molecule has 2 nitrogen and oxygen atoms in total. The molecule has 0 N–H and O–H groups in total. The van der Waals surface area contributed by atoms with E-state index in [1.165, 1.54) is 3.70 Å². The second-order valence-corrected chi connectivity index (χ2v) is 4.15. The number of halogens is 1. The van der Waals surface area contributed by atoms with Crippen LogP contribution in [0, 0.1) is 10.6 Å². The molecule has 2 aromatic rings. The van der Waals surface area contributed by atoms with Crippen LogP contribution < -0.4 is 4.57 Å². The molecule has 0 aliphatic carbocycles. The van der Waals surface area contributed by atoms with Crippen LogP contribution in [0.5, 0.6) is 0 Å². The van der Waals surface area contributed by atoms with Crippen molar-refractivity contribution in [2.75, 3.05) is 0 Å². The first-order valence-electron chi connectivity index (χ1n) is 4.36. The molecule has 0 atom stereocenters. The van der Waals surface area contributed by atoms with Gasteiger partial charge in [-0.25, -0.2) is 0 Å². The Morgan fingerprint density at radius 3 is 2.86 bits per heavy atom. The third-order valence-corrected chi connectivity index (χ3v) is 2.85. The molecule has 0 spiro atoms. The summed E-state index contributed by atoms with van der Waals surface area (Å²) in [6.45, 7) is 2.00. The number of hydrogen-bond acceptors (Lipinski definition) is 1. The molecule has 2 rings (SSSR count). The highest BCUT2D eigenvalue weighted by atomic mass is 127. The van der Waals surface area contributed by atoms with Crippen LogP contribution >= 0.6 is 22.6 Å². The lowest BCUT2D eigenvalue weighted by atomic mass is 10.3. The van der Waals surface area contributed by atoms with Gasteiger partial charge in [-0.05, 0) is 13.0 Å². The minimum atomic E-state index is 1.04. The Kier molecular flexibility index (Phi) is 2.77. The molecule has 2 aromatic heterocycles. The summed E-state index contributed by atoms with van der Waals surface area (Å²) in [6, 6.07) is 10.2. The van der Waals surface area contributed by atoms with E-state index in [0.29, 0.717) is 0 Å². The lowest BCUT2D eigenvalue weighted by Gasteiger charge is -1.97. The maximum absolute atomic E-state index is 4.18. The summed E-state index contributed by atoms with van der Waals surface area (Å²) in [5.74, 6) is 0. The molecule has 0 bridgehead atoms. The normalized spacial score (nSPS) is 10.1. The van der Waals surface area contributed by atoms with Gasteiger partial charge in [0.25, 0.3) is 0 Å². The minimum Gasteiger partial charge on any atom is -0.261 e. The molecular formula is C11H10IN2+. The zero-order valence-corrected chi connectivity index (χ0v) is 9.97. The van der Waals surface area contributed by atoms with E-state index < -0.39 is 0 Å². The van der Waals surface area contributed by atoms with Crippen LogP contribution in [0.4, 0.5) is 0 Å². The quantitative estimate of drug-likeness (QED) is 0.448. The van der Waals surface area contributed by atoms with Crippen molar-refractivity contribution in [1.29, 1.82) is 0 Å². The van der Waals surface area contributed by atoms with Crippen molar-refractivity contribution in [2.45, 2.75) is 6.92 Å². The van der Waals surface area contributed by atoms with Crippen molar-refractivity contribution in [2.24, 2.45) is 0 Å². The fourth-order valence-corrected chi connectivity index (χ4v) is 1.96. The van der Waals surface area contributed by atoms with Gasteiger partial charge < -0.3 is 0 Å². The van der Waals surface area contributed by atoms with Gasteiger partial charge in [-0.15, -0.1) is 0 Å². The van der Waals surface area contributed by atoms with Gasteiger partial charge in [0.05, 0.1) is 0 Å². The van der Waals surface area contributed by atoms with Crippen molar-refractivity contribution >= 4 is 22.6 Å². The van der Waals surface area contributed by atoms with Crippen molar-refractivity contribution in [3.63, 3.8) is 0 Å². The van der Waals surface area contributed by atoms with Crippen LogP contribution in [0.25, 0.3) is 5.69 Å². The molecule has 0 aliphatic rings. The number of hydrogen-bond donors (Lipinski definition) is 0. The Hall–Kier alpha value is -0.970. The standard InChI is InChI=1S/C11H10IN2/c1-9-8-10(5-6-13-9)14-7-3-2-4-11(14)12/h2-8H,1H3/q+1. The Balaban J connectivity index is 2.55. The molecule has 0 saturated heterocycles. The Morgan fingerprint density at radius 1 is 1.29 bits per heavy atom. The minimum absolute atomic E-state index is 1.04. The fraction of sp³-hybridized carbons (Fsp3) is 0.0909. The zero-order chi connectivity index (χ0) is 9.97. The molecular weight excluding hydrogens is 287 g/mol. The third kappa shape index (κ3) is 1.92. The number of aryl methyl sites for hydroxylation is 1. The predicted octanol–water partition coefficient (Wildman–Crippen LogP) is 2.27. The van der Waals surface area contributed by atoms with E-state index in [2.05, 4.69) is 50.5 Å². The van der Waals surface area contributed by atoms with Crippen molar-refractivity contribution < 1.29 is 4.57 Å². The average Bonchev–Trinajstić information content (AvgIpc) is 2.18. The molecule has 0 amide bonds. The highest BCUT2D eigenvalue weighted by Gasteiger charge is 2.09. The van der Waals surface area contributed by atoms with Crippen LogP contribution in [0.1, 0.15) is 5.69 Å². The second kappa shape index (κ2) is 4.04. The van der Waals surface area contributed by atoms with E-state index in [0.717, 1.165) is 11.4 Å². The van der Waals surface area contributed by atoms with Crippen molar-refractivity contribution in [1.82, 2.24) is 4.98 Å². The highest BCUT2D eigenvalue weighted by Crippen LogP contribution is 2.04. The van der Waals surface area contributed by atoms with Crippen LogP contribution in [-0.2, 0) is 0 Å². The molecule has 0 unspecified atom stereocenters. The smallest absolute Gasteiger partial charge is 0.246 e. The third-order valence-electron chi connectivity index (χ3n) is 1.97. The second-order valence-electron chi connectivity index (χ2n) is 3.05. The predicted molar refractivity (Wildman–Crippen MR) is 63.2 cm³/mol. The van der Waals surface area contributed by atoms with Gasteiger partial charge in [-0.3, -0.25) is 4.98 Å². The Morgan fingerprint density at radius 2 is 2.14 bits per heavy atom. The van der Waals surface area contributed by atoms with Crippen molar-refractivity contribution in [3.8, 4) is 5.69 Å². The first-order valence-corrected chi connectivity index (χ1v) is 5.44. The van der Waals surface area contributed by atoms with E-state index >= 15 is 0 Å². The van der Waals surface area contributed by atoms with Gasteiger partial charge in [0.2, 0.25) is 9.39 Å². The number of pyridine rings is 2. The topological polar surface area (TPSA) is 16.8 Å². The molecule has 0 aliphatic heterocycles. The van der Waals surface area contributed by atoms with Crippen molar-refractivity contribution in [3.05, 3.63) is 52.1 Å². The van der Waals surface area contributed by atoms with Gasteiger partial charge >= 0.3 is 0 Å².